The van der Waals surface area contributed by atoms with Gasteiger partial charge in [0.15, 0.2) is 0 Å². The van der Waals surface area contributed by atoms with Crippen molar-refractivity contribution in [2.45, 2.75) is 51.3 Å². The minimum atomic E-state index is -0.510. The number of benzene rings is 1. The van der Waals surface area contributed by atoms with Crippen molar-refractivity contribution in [2.75, 3.05) is 6.54 Å². The number of nitrogens with one attached hydrogen (secondary N) is 1. The average Bonchev–Trinajstić information content (AvgIpc) is 2.39. The van der Waals surface area contributed by atoms with Gasteiger partial charge in [0.2, 0.25) is 0 Å². The van der Waals surface area contributed by atoms with Crippen molar-refractivity contribution in [3.05, 3.63) is 29.6 Å². The van der Waals surface area contributed by atoms with Crippen molar-refractivity contribution < 1.29 is 9.18 Å². The second-order valence-electron chi connectivity index (χ2n) is 5.97. The maximum Gasteiger partial charge on any atom is 0.254 e. The fourth-order valence-corrected chi connectivity index (χ4v) is 2.25. The number of unbranched alkanes of at least 4 members (excludes halogenated alkanes) is 2. The van der Waals surface area contributed by atoms with Gasteiger partial charge in [-0.1, -0.05) is 40.0 Å². The molecule has 112 valence electrons. The summed E-state index contributed by atoms with van der Waals surface area (Å²) in [5.41, 5.74) is 0.0849. The van der Waals surface area contributed by atoms with Crippen molar-refractivity contribution in [1.82, 2.24) is 5.32 Å². The van der Waals surface area contributed by atoms with Crippen LogP contribution >= 0.6 is 12.6 Å². The fourth-order valence-electron chi connectivity index (χ4n) is 2.04. The Balaban J connectivity index is 2.56. The van der Waals surface area contributed by atoms with Crippen molar-refractivity contribution in [3.63, 3.8) is 0 Å². The van der Waals surface area contributed by atoms with E-state index in [4.69, 9.17) is 0 Å². The number of rotatable bonds is 7. The summed E-state index contributed by atoms with van der Waals surface area (Å²) in [6, 6.07) is 4.26. The van der Waals surface area contributed by atoms with E-state index in [0.717, 1.165) is 12.8 Å². The number of hydrogen-bond acceptors (Lipinski definition) is 2. The Bertz CT molecular complexity index is 460. The molecule has 0 radical (unpaired) electrons. The Morgan fingerprint density at radius 2 is 2.05 bits per heavy atom. The lowest BCUT2D eigenvalue weighted by atomic mass is 9.87. The van der Waals surface area contributed by atoms with Crippen LogP contribution in [0.1, 0.15) is 56.8 Å². The first-order valence-electron chi connectivity index (χ1n) is 7.12. The normalized spacial score (nSPS) is 11.4. The van der Waals surface area contributed by atoms with Crippen LogP contribution in [0.15, 0.2) is 23.1 Å². The van der Waals surface area contributed by atoms with E-state index in [1.165, 1.54) is 31.0 Å². The van der Waals surface area contributed by atoms with Gasteiger partial charge in [0, 0.05) is 11.4 Å². The van der Waals surface area contributed by atoms with Crippen LogP contribution in [0, 0.1) is 11.2 Å². The summed E-state index contributed by atoms with van der Waals surface area (Å²) in [7, 11) is 0. The molecule has 1 amide bonds. The molecule has 0 saturated carbocycles. The second kappa shape index (κ2) is 7.67. The van der Waals surface area contributed by atoms with Crippen LogP contribution in [0.5, 0.6) is 0 Å². The number of thiol groups is 1. The highest BCUT2D eigenvalue weighted by Crippen LogP contribution is 2.23. The minimum absolute atomic E-state index is 0.0277. The van der Waals surface area contributed by atoms with Gasteiger partial charge in [0.05, 0.1) is 5.56 Å². The van der Waals surface area contributed by atoms with E-state index in [2.05, 4.69) is 38.7 Å². The number of halogens is 1. The monoisotopic (exact) mass is 297 g/mol. The Kier molecular flexibility index (Phi) is 6.53. The molecule has 2 nitrogen and oxygen atoms in total. The smallest absolute Gasteiger partial charge is 0.254 e. The zero-order chi connectivity index (χ0) is 15.2. The van der Waals surface area contributed by atoms with Crippen LogP contribution in [0.3, 0.4) is 0 Å². The lowest BCUT2D eigenvalue weighted by Crippen LogP contribution is -2.34. The molecule has 0 saturated heterocycles. The van der Waals surface area contributed by atoms with Crippen LogP contribution in [-0.2, 0) is 0 Å². The van der Waals surface area contributed by atoms with Crippen LogP contribution in [0.25, 0.3) is 0 Å². The van der Waals surface area contributed by atoms with E-state index >= 15 is 0 Å². The van der Waals surface area contributed by atoms with Crippen LogP contribution in [0.4, 0.5) is 4.39 Å². The van der Waals surface area contributed by atoms with E-state index in [9.17, 15) is 9.18 Å². The lowest BCUT2D eigenvalue weighted by Gasteiger charge is -2.25. The highest BCUT2D eigenvalue weighted by atomic mass is 32.1. The summed E-state index contributed by atoms with van der Waals surface area (Å²) in [4.78, 5) is 12.6. The molecule has 1 aromatic carbocycles. The fraction of sp³-hybridized carbons (Fsp3) is 0.562. The van der Waals surface area contributed by atoms with E-state index in [0.29, 0.717) is 11.4 Å². The lowest BCUT2D eigenvalue weighted by molar-refractivity contribution is 0.0929. The first-order valence-corrected chi connectivity index (χ1v) is 7.57. The van der Waals surface area contributed by atoms with E-state index in [1.807, 2.05) is 0 Å². The molecule has 1 N–H and O–H groups in total. The van der Waals surface area contributed by atoms with Gasteiger partial charge < -0.3 is 5.32 Å². The Labute approximate surface area is 126 Å². The van der Waals surface area contributed by atoms with Crippen molar-refractivity contribution in [2.24, 2.45) is 5.41 Å². The van der Waals surface area contributed by atoms with Gasteiger partial charge in [0.25, 0.3) is 5.91 Å². The zero-order valence-corrected chi connectivity index (χ0v) is 13.4. The third-order valence-corrected chi connectivity index (χ3v) is 3.66. The van der Waals surface area contributed by atoms with Gasteiger partial charge in [-0.05, 0) is 30.0 Å². The molecule has 0 atom stereocenters. The summed E-state index contributed by atoms with van der Waals surface area (Å²) < 4.78 is 13.6. The molecule has 0 fully saturated rings. The summed E-state index contributed by atoms with van der Waals surface area (Å²) >= 11 is 4.13. The molecule has 0 heterocycles. The van der Waals surface area contributed by atoms with Gasteiger partial charge in [0.1, 0.15) is 5.82 Å². The van der Waals surface area contributed by atoms with E-state index in [-0.39, 0.29) is 16.9 Å². The predicted octanol–water partition coefficient (Wildman–Crippen LogP) is 4.45. The summed E-state index contributed by atoms with van der Waals surface area (Å²) in [6.07, 6.45) is 4.59. The molecular formula is C16H24FNOS. The van der Waals surface area contributed by atoms with E-state index in [1.54, 1.807) is 0 Å². The molecular weight excluding hydrogens is 273 g/mol. The van der Waals surface area contributed by atoms with Gasteiger partial charge in [-0.25, -0.2) is 4.39 Å². The molecule has 0 bridgehead atoms. The molecule has 0 aliphatic carbocycles. The molecule has 0 spiro atoms. The standard InChI is InChI=1S/C16H24FNOS/c1-4-5-6-9-16(2,3)11-18-15(19)13-10-12(20)7-8-14(13)17/h7-8,10,20H,4-6,9,11H2,1-3H3,(H,18,19). The van der Waals surface area contributed by atoms with Gasteiger partial charge in [-0.3, -0.25) is 4.79 Å². The Hall–Kier alpha value is -1.03. The highest BCUT2D eigenvalue weighted by Gasteiger charge is 2.20. The number of carbonyl (C=O) groups is 1. The van der Waals surface area contributed by atoms with Crippen LogP contribution in [0.2, 0.25) is 0 Å². The van der Waals surface area contributed by atoms with Crippen molar-refractivity contribution in [1.29, 1.82) is 0 Å². The predicted molar refractivity (Wildman–Crippen MR) is 83.9 cm³/mol. The molecule has 0 aliphatic rings. The molecule has 4 heteroatoms. The van der Waals surface area contributed by atoms with Crippen molar-refractivity contribution in [3.8, 4) is 0 Å². The number of amides is 1. The van der Waals surface area contributed by atoms with Crippen molar-refractivity contribution >= 4 is 18.5 Å². The Morgan fingerprint density at radius 1 is 1.35 bits per heavy atom. The molecule has 0 aromatic heterocycles. The first-order chi connectivity index (χ1) is 9.35. The molecule has 0 aliphatic heterocycles. The summed E-state index contributed by atoms with van der Waals surface area (Å²) in [5.74, 6) is -0.883. The molecule has 1 rings (SSSR count). The largest absolute Gasteiger partial charge is 0.351 e. The average molecular weight is 297 g/mol. The molecule has 1 aromatic rings. The molecule has 20 heavy (non-hydrogen) atoms. The Morgan fingerprint density at radius 3 is 2.70 bits per heavy atom. The number of hydrogen-bond donors (Lipinski definition) is 2. The quantitative estimate of drug-likeness (QED) is 0.565. The zero-order valence-electron chi connectivity index (χ0n) is 12.5. The summed E-state index contributed by atoms with van der Waals surface area (Å²) in [6.45, 7) is 6.95. The SMILES string of the molecule is CCCCCC(C)(C)CNC(=O)c1cc(S)ccc1F. The topological polar surface area (TPSA) is 29.1 Å². The summed E-state index contributed by atoms with van der Waals surface area (Å²) in [5, 5.41) is 2.82. The highest BCUT2D eigenvalue weighted by molar-refractivity contribution is 7.80. The van der Waals surface area contributed by atoms with E-state index < -0.39 is 5.82 Å². The van der Waals surface area contributed by atoms with Gasteiger partial charge in [-0.15, -0.1) is 12.6 Å². The maximum atomic E-state index is 13.6. The first kappa shape index (κ1) is 17.0. The third kappa shape index (κ3) is 5.53. The van der Waals surface area contributed by atoms with Crippen LogP contribution in [-0.4, -0.2) is 12.5 Å². The maximum absolute atomic E-state index is 13.6. The van der Waals surface area contributed by atoms with Gasteiger partial charge >= 0.3 is 0 Å². The van der Waals surface area contributed by atoms with Crippen LogP contribution < -0.4 is 5.32 Å². The second-order valence-corrected chi connectivity index (χ2v) is 6.48. The molecule has 0 unspecified atom stereocenters. The van der Waals surface area contributed by atoms with Gasteiger partial charge in [-0.2, -0.15) is 0 Å². The number of carbonyl (C=O) groups excluding carboxylic acids is 1. The minimum Gasteiger partial charge on any atom is -0.351 e. The third-order valence-electron chi connectivity index (χ3n) is 3.38.